The summed E-state index contributed by atoms with van der Waals surface area (Å²) in [5, 5.41) is 0. The monoisotopic (exact) mass is 258 g/mol. The van der Waals surface area contributed by atoms with Gasteiger partial charge in [0.15, 0.2) is 0 Å². The van der Waals surface area contributed by atoms with Gasteiger partial charge in [-0.25, -0.2) is 4.98 Å². The minimum Gasteiger partial charge on any atom is -0.496 e. The normalized spacial score (nSPS) is 10.7. The molecule has 4 heteroatoms. The predicted octanol–water partition coefficient (Wildman–Crippen LogP) is 2.64. The van der Waals surface area contributed by atoms with Gasteiger partial charge in [-0.15, -0.1) is 0 Å². The summed E-state index contributed by atoms with van der Waals surface area (Å²) in [6, 6.07) is 9.07. The second-order valence-corrected chi connectivity index (χ2v) is 4.88. The Morgan fingerprint density at radius 1 is 1.32 bits per heavy atom. The SMILES string of the molecule is COc1ccccc1-c1nc(CC(C)C)cc(=O)[nH]1. The second-order valence-electron chi connectivity index (χ2n) is 4.88. The zero-order valence-electron chi connectivity index (χ0n) is 11.4. The van der Waals surface area contributed by atoms with Crippen molar-refractivity contribution in [3.05, 3.63) is 46.4 Å². The molecule has 0 unspecified atom stereocenters. The van der Waals surface area contributed by atoms with Crippen molar-refractivity contribution in [2.45, 2.75) is 20.3 Å². The molecule has 0 aliphatic heterocycles. The average Bonchev–Trinajstić information content (AvgIpc) is 2.37. The van der Waals surface area contributed by atoms with Crippen molar-refractivity contribution in [2.75, 3.05) is 7.11 Å². The fraction of sp³-hybridized carbons (Fsp3) is 0.333. The molecule has 4 nitrogen and oxygen atoms in total. The summed E-state index contributed by atoms with van der Waals surface area (Å²) in [6.07, 6.45) is 0.784. The molecule has 1 N–H and O–H groups in total. The number of ether oxygens (including phenoxy) is 1. The number of methoxy groups -OCH3 is 1. The summed E-state index contributed by atoms with van der Waals surface area (Å²) in [5.41, 5.74) is 1.47. The topological polar surface area (TPSA) is 55.0 Å². The lowest BCUT2D eigenvalue weighted by molar-refractivity contribution is 0.416. The Balaban J connectivity index is 2.50. The lowest BCUT2D eigenvalue weighted by Crippen LogP contribution is -2.12. The van der Waals surface area contributed by atoms with Crippen molar-refractivity contribution in [1.82, 2.24) is 9.97 Å². The van der Waals surface area contributed by atoms with Gasteiger partial charge in [-0.2, -0.15) is 0 Å². The number of aromatic nitrogens is 2. The van der Waals surface area contributed by atoms with Crippen molar-refractivity contribution >= 4 is 0 Å². The van der Waals surface area contributed by atoms with Gasteiger partial charge in [0, 0.05) is 11.8 Å². The Bertz CT molecular complexity index is 618. The molecule has 0 radical (unpaired) electrons. The third-order valence-corrected chi connectivity index (χ3v) is 2.77. The third kappa shape index (κ3) is 3.22. The van der Waals surface area contributed by atoms with Gasteiger partial charge in [0.05, 0.1) is 12.7 Å². The number of H-pyrrole nitrogens is 1. The number of rotatable bonds is 4. The Morgan fingerprint density at radius 3 is 2.74 bits per heavy atom. The maximum atomic E-state index is 11.7. The first-order valence-corrected chi connectivity index (χ1v) is 6.33. The van der Waals surface area contributed by atoms with Crippen LogP contribution in [0.25, 0.3) is 11.4 Å². The lowest BCUT2D eigenvalue weighted by atomic mass is 10.1. The molecule has 2 rings (SSSR count). The van der Waals surface area contributed by atoms with E-state index < -0.39 is 0 Å². The summed E-state index contributed by atoms with van der Waals surface area (Å²) >= 11 is 0. The van der Waals surface area contributed by atoms with Crippen LogP contribution in [-0.4, -0.2) is 17.1 Å². The van der Waals surface area contributed by atoms with E-state index in [1.807, 2.05) is 24.3 Å². The van der Waals surface area contributed by atoms with Crippen LogP contribution in [0.3, 0.4) is 0 Å². The minimum absolute atomic E-state index is 0.133. The van der Waals surface area contributed by atoms with Gasteiger partial charge >= 0.3 is 0 Å². The molecular weight excluding hydrogens is 240 g/mol. The van der Waals surface area contributed by atoms with E-state index in [-0.39, 0.29) is 5.56 Å². The van der Waals surface area contributed by atoms with Crippen LogP contribution in [0.1, 0.15) is 19.5 Å². The molecule has 0 spiro atoms. The average molecular weight is 258 g/mol. The van der Waals surface area contributed by atoms with Crippen molar-refractivity contribution in [3.8, 4) is 17.1 Å². The molecule has 100 valence electrons. The number of hydrogen-bond acceptors (Lipinski definition) is 3. The van der Waals surface area contributed by atoms with Crippen LogP contribution in [0.15, 0.2) is 35.1 Å². The number of para-hydroxylation sites is 1. The smallest absolute Gasteiger partial charge is 0.251 e. The van der Waals surface area contributed by atoms with Crippen LogP contribution < -0.4 is 10.3 Å². The van der Waals surface area contributed by atoms with Crippen molar-refractivity contribution in [2.24, 2.45) is 5.92 Å². The van der Waals surface area contributed by atoms with E-state index >= 15 is 0 Å². The van der Waals surface area contributed by atoms with E-state index in [1.165, 1.54) is 0 Å². The summed E-state index contributed by atoms with van der Waals surface area (Å²) in [5.74, 6) is 1.72. The van der Waals surface area contributed by atoms with Crippen molar-refractivity contribution in [1.29, 1.82) is 0 Å². The molecule has 2 aromatic rings. The van der Waals surface area contributed by atoms with Crippen molar-refractivity contribution < 1.29 is 4.74 Å². The van der Waals surface area contributed by atoms with Gasteiger partial charge in [-0.3, -0.25) is 4.79 Å². The Morgan fingerprint density at radius 2 is 2.05 bits per heavy atom. The van der Waals surface area contributed by atoms with Crippen LogP contribution in [0, 0.1) is 5.92 Å². The number of hydrogen-bond donors (Lipinski definition) is 1. The van der Waals surface area contributed by atoms with Crippen LogP contribution >= 0.6 is 0 Å². The standard InChI is InChI=1S/C15H18N2O2/c1-10(2)8-11-9-14(18)17-15(16-11)12-6-4-5-7-13(12)19-3/h4-7,9-10H,8H2,1-3H3,(H,16,17,18). The maximum Gasteiger partial charge on any atom is 0.251 e. The van der Waals surface area contributed by atoms with Crippen LogP contribution in [0.2, 0.25) is 0 Å². The highest BCUT2D eigenvalue weighted by Gasteiger charge is 2.09. The number of nitrogens with one attached hydrogen (secondary N) is 1. The fourth-order valence-electron chi connectivity index (χ4n) is 2.00. The first-order chi connectivity index (χ1) is 9.10. The largest absolute Gasteiger partial charge is 0.496 e. The van der Waals surface area contributed by atoms with E-state index in [0.717, 1.165) is 17.7 Å². The molecule has 0 aliphatic carbocycles. The first-order valence-electron chi connectivity index (χ1n) is 6.33. The van der Waals surface area contributed by atoms with Gasteiger partial charge in [0.2, 0.25) is 0 Å². The van der Waals surface area contributed by atoms with E-state index in [4.69, 9.17) is 4.74 Å². The Labute approximate surface area is 112 Å². The molecule has 0 amide bonds. The van der Waals surface area contributed by atoms with Crippen molar-refractivity contribution in [3.63, 3.8) is 0 Å². The minimum atomic E-state index is -0.133. The zero-order valence-corrected chi connectivity index (χ0v) is 11.4. The van der Waals surface area contributed by atoms with Gasteiger partial charge in [0.1, 0.15) is 11.6 Å². The third-order valence-electron chi connectivity index (χ3n) is 2.77. The molecule has 1 aromatic carbocycles. The molecule has 1 aromatic heterocycles. The van der Waals surface area contributed by atoms with Gasteiger partial charge in [-0.05, 0) is 24.5 Å². The highest BCUT2D eigenvalue weighted by atomic mass is 16.5. The van der Waals surface area contributed by atoms with E-state index in [9.17, 15) is 4.79 Å². The number of aromatic amines is 1. The molecule has 0 fully saturated rings. The number of benzene rings is 1. The van der Waals surface area contributed by atoms with E-state index in [2.05, 4.69) is 23.8 Å². The van der Waals surface area contributed by atoms with Crippen LogP contribution in [-0.2, 0) is 6.42 Å². The molecule has 0 saturated heterocycles. The molecule has 0 aliphatic rings. The van der Waals surface area contributed by atoms with Gasteiger partial charge in [-0.1, -0.05) is 26.0 Å². The molecule has 0 saturated carbocycles. The zero-order chi connectivity index (χ0) is 13.8. The maximum absolute atomic E-state index is 11.7. The Kier molecular flexibility index (Phi) is 4.00. The highest BCUT2D eigenvalue weighted by molar-refractivity contribution is 5.63. The molecule has 19 heavy (non-hydrogen) atoms. The van der Waals surface area contributed by atoms with Crippen LogP contribution in [0.5, 0.6) is 5.75 Å². The van der Waals surface area contributed by atoms with Gasteiger partial charge in [0.25, 0.3) is 5.56 Å². The lowest BCUT2D eigenvalue weighted by Gasteiger charge is -2.09. The summed E-state index contributed by atoms with van der Waals surface area (Å²) in [4.78, 5) is 19.0. The van der Waals surface area contributed by atoms with E-state index in [0.29, 0.717) is 17.5 Å². The molecule has 0 atom stereocenters. The highest BCUT2D eigenvalue weighted by Crippen LogP contribution is 2.26. The Hall–Kier alpha value is -2.10. The first kappa shape index (κ1) is 13.3. The summed E-state index contributed by atoms with van der Waals surface area (Å²) < 4.78 is 5.30. The van der Waals surface area contributed by atoms with Crippen LogP contribution in [0.4, 0.5) is 0 Å². The molecule has 0 bridgehead atoms. The number of nitrogens with zero attached hydrogens (tertiary/aromatic N) is 1. The van der Waals surface area contributed by atoms with Gasteiger partial charge < -0.3 is 9.72 Å². The molecule has 1 heterocycles. The second kappa shape index (κ2) is 5.69. The fourth-order valence-corrected chi connectivity index (χ4v) is 2.00. The quantitative estimate of drug-likeness (QED) is 0.917. The van der Waals surface area contributed by atoms with E-state index in [1.54, 1.807) is 13.2 Å². The summed E-state index contributed by atoms with van der Waals surface area (Å²) in [7, 11) is 1.61. The predicted molar refractivity (Wildman–Crippen MR) is 75.4 cm³/mol. The molecular formula is C15H18N2O2. The summed E-state index contributed by atoms with van der Waals surface area (Å²) in [6.45, 7) is 4.21.